The van der Waals surface area contributed by atoms with E-state index >= 15 is 0 Å². The Morgan fingerprint density at radius 1 is 1.43 bits per heavy atom. The number of anilines is 1. The molecule has 2 aromatic heterocycles. The van der Waals surface area contributed by atoms with Crippen LogP contribution in [0.1, 0.15) is 11.1 Å². The zero-order chi connectivity index (χ0) is 15.5. The first-order valence-corrected chi connectivity index (χ1v) is 8.34. The molecule has 9 heteroatoms. The number of aliphatic carboxylic acids is 1. The Hall–Kier alpha value is -1.97. The number of hydrogen-bond donors (Lipinski definition) is 3. The summed E-state index contributed by atoms with van der Waals surface area (Å²) < 4.78 is 24.6. The maximum atomic E-state index is 12.3. The topological polar surface area (TPSA) is 122 Å². The number of carbonyl (C=O) groups is 1. The Balaban J connectivity index is 2.25. The number of hydrogen-bond acceptors (Lipinski definition) is 7. The van der Waals surface area contributed by atoms with E-state index in [9.17, 15) is 13.2 Å². The van der Waals surface area contributed by atoms with E-state index in [4.69, 9.17) is 10.8 Å². The molecule has 2 heterocycles. The number of nitrogens with two attached hydrogens (primary N) is 1. The normalized spacial score (nSPS) is 12.8. The van der Waals surface area contributed by atoms with Gasteiger partial charge in [0.25, 0.3) is 0 Å². The molecule has 0 aliphatic rings. The highest BCUT2D eigenvalue weighted by Gasteiger charge is 2.27. The fourth-order valence-electron chi connectivity index (χ4n) is 1.59. The van der Waals surface area contributed by atoms with Crippen LogP contribution in [0.5, 0.6) is 0 Å². The Kier molecular flexibility index (Phi) is 4.56. The zero-order valence-electron chi connectivity index (χ0n) is 10.8. The van der Waals surface area contributed by atoms with Gasteiger partial charge in [-0.15, -0.1) is 0 Å². The minimum absolute atomic E-state index is 0.144. The van der Waals surface area contributed by atoms with E-state index in [0.29, 0.717) is 0 Å². The van der Waals surface area contributed by atoms with E-state index in [-0.39, 0.29) is 23.0 Å². The van der Waals surface area contributed by atoms with E-state index in [2.05, 4.69) is 10.3 Å². The van der Waals surface area contributed by atoms with Crippen molar-refractivity contribution in [3.8, 4) is 0 Å². The summed E-state index contributed by atoms with van der Waals surface area (Å²) in [4.78, 5) is 14.7. The molecule has 4 N–H and O–H groups in total. The summed E-state index contributed by atoms with van der Waals surface area (Å²) in [7, 11) is -3.72. The number of carboxylic acids is 1. The standard InChI is InChI=1S/C12H13N3O4S2/c13-12(21(18,19)8-4-5-20-7-8)9-2-1-3-10(15-9)14-6-11(16)17/h1-5,7,12H,6,13H2,(H,14,15)(H,16,17). The van der Waals surface area contributed by atoms with Crippen molar-refractivity contribution in [1.82, 2.24) is 4.98 Å². The van der Waals surface area contributed by atoms with Crippen LogP contribution < -0.4 is 11.1 Å². The second-order valence-corrected chi connectivity index (χ2v) is 6.97. The predicted octanol–water partition coefficient (Wildman–Crippen LogP) is 1.07. The molecule has 1 atom stereocenters. The monoisotopic (exact) mass is 327 g/mol. The van der Waals surface area contributed by atoms with Crippen molar-refractivity contribution in [3.63, 3.8) is 0 Å². The van der Waals surface area contributed by atoms with Gasteiger partial charge in [-0.2, -0.15) is 11.3 Å². The first-order valence-electron chi connectivity index (χ1n) is 5.85. The van der Waals surface area contributed by atoms with Crippen molar-refractivity contribution in [1.29, 1.82) is 0 Å². The highest BCUT2D eigenvalue weighted by molar-refractivity contribution is 7.91. The number of aromatic nitrogens is 1. The Morgan fingerprint density at radius 3 is 2.81 bits per heavy atom. The smallest absolute Gasteiger partial charge is 0.322 e. The van der Waals surface area contributed by atoms with Gasteiger partial charge >= 0.3 is 5.97 Å². The van der Waals surface area contributed by atoms with Crippen molar-refractivity contribution in [2.45, 2.75) is 10.3 Å². The molecule has 21 heavy (non-hydrogen) atoms. The molecule has 0 bridgehead atoms. The summed E-state index contributed by atoms with van der Waals surface area (Å²) in [6, 6.07) is 6.07. The molecule has 7 nitrogen and oxygen atoms in total. The molecule has 0 radical (unpaired) electrons. The van der Waals surface area contributed by atoms with Crippen LogP contribution in [0.25, 0.3) is 0 Å². The first kappa shape index (κ1) is 15.4. The highest BCUT2D eigenvalue weighted by Crippen LogP contribution is 2.25. The van der Waals surface area contributed by atoms with Crippen LogP contribution in [0.3, 0.4) is 0 Å². The summed E-state index contributed by atoms with van der Waals surface area (Å²) in [6.07, 6.45) is 0. The van der Waals surface area contributed by atoms with Crippen molar-refractivity contribution in [2.24, 2.45) is 5.73 Å². The van der Waals surface area contributed by atoms with Gasteiger partial charge < -0.3 is 16.2 Å². The molecule has 0 aromatic carbocycles. The zero-order valence-corrected chi connectivity index (χ0v) is 12.4. The van der Waals surface area contributed by atoms with Gasteiger partial charge in [-0.25, -0.2) is 13.4 Å². The van der Waals surface area contributed by atoms with Gasteiger partial charge in [-0.3, -0.25) is 4.79 Å². The molecule has 0 amide bonds. The number of rotatable bonds is 6. The number of thiophene rings is 1. The summed E-state index contributed by atoms with van der Waals surface area (Å²) in [6.45, 7) is -0.316. The van der Waals surface area contributed by atoms with Gasteiger partial charge in [-0.1, -0.05) is 6.07 Å². The van der Waals surface area contributed by atoms with Crippen molar-refractivity contribution >= 4 is 33.0 Å². The molecule has 1 unspecified atom stereocenters. The maximum Gasteiger partial charge on any atom is 0.322 e. The van der Waals surface area contributed by atoms with Crippen LogP contribution in [0.2, 0.25) is 0 Å². The second-order valence-electron chi connectivity index (χ2n) is 4.12. The van der Waals surface area contributed by atoms with Crippen LogP contribution in [0.4, 0.5) is 5.82 Å². The summed E-state index contributed by atoms with van der Waals surface area (Å²) in [5.41, 5.74) is 5.95. The van der Waals surface area contributed by atoms with Gasteiger partial charge in [0.05, 0.1) is 10.6 Å². The summed E-state index contributed by atoms with van der Waals surface area (Å²) in [5, 5.41) is 13.0. The lowest BCUT2D eigenvalue weighted by Crippen LogP contribution is -2.23. The first-order chi connectivity index (χ1) is 9.91. The van der Waals surface area contributed by atoms with E-state index in [1.807, 2.05) is 0 Å². The van der Waals surface area contributed by atoms with Crippen molar-refractivity contribution in [2.75, 3.05) is 11.9 Å². The van der Waals surface area contributed by atoms with Gasteiger partial charge in [-0.05, 0) is 23.6 Å². The number of carboxylic acid groups (broad SMARTS) is 1. The molecule has 0 fully saturated rings. The third-order valence-electron chi connectivity index (χ3n) is 2.64. The average molecular weight is 327 g/mol. The molecule has 0 aliphatic heterocycles. The number of nitrogens with zero attached hydrogens (tertiary/aromatic N) is 1. The van der Waals surface area contributed by atoms with Crippen molar-refractivity contribution in [3.05, 3.63) is 40.7 Å². The minimum atomic E-state index is -3.72. The fraction of sp³-hybridized carbons (Fsp3) is 0.167. The Morgan fingerprint density at radius 2 is 2.19 bits per heavy atom. The van der Waals surface area contributed by atoms with Crippen LogP contribution in [-0.2, 0) is 14.6 Å². The lowest BCUT2D eigenvalue weighted by atomic mass is 10.3. The van der Waals surface area contributed by atoms with E-state index < -0.39 is 21.2 Å². The Labute approximate surface area is 125 Å². The average Bonchev–Trinajstić information content (AvgIpc) is 2.99. The van der Waals surface area contributed by atoms with Crippen LogP contribution in [0.15, 0.2) is 39.9 Å². The van der Waals surface area contributed by atoms with E-state index in [1.54, 1.807) is 11.4 Å². The van der Waals surface area contributed by atoms with Crippen LogP contribution >= 0.6 is 11.3 Å². The molecule has 2 aromatic rings. The third kappa shape index (κ3) is 3.57. The lowest BCUT2D eigenvalue weighted by Gasteiger charge is -2.12. The summed E-state index contributed by atoms with van der Waals surface area (Å²) >= 11 is 1.26. The summed E-state index contributed by atoms with van der Waals surface area (Å²) in [5.74, 6) is -0.789. The van der Waals surface area contributed by atoms with Crippen LogP contribution in [-0.4, -0.2) is 31.0 Å². The van der Waals surface area contributed by atoms with Crippen molar-refractivity contribution < 1.29 is 18.3 Å². The van der Waals surface area contributed by atoms with Gasteiger partial charge in [0, 0.05) is 5.38 Å². The molecule has 0 saturated carbocycles. The molecular weight excluding hydrogens is 314 g/mol. The molecular formula is C12H13N3O4S2. The van der Waals surface area contributed by atoms with E-state index in [0.717, 1.165) is 0 Å². The number of nitrogens with one attached hydrogen (secondary N) is 1. The Bertz CT molecular complexity index is 729. The largest absolute Gasteiger partial charge is 0.480 e. The maximum absolute atomic E-state index is 12.3. The van der Waals surface area contributed by atoms with E-state index in [1.165, 1.54) is 34.9 Å². The van der Waals surface area contributed by atoms with Gasteiger partial charge in [0.15, 0.2) is 5.37 Å². The number of pyridine rings is 1. The quantitative estimate of drug-likeness (QED) is 0.725. The van der Waals surface area contributed by atoms with Crippen LogP contribution in [0, 0.1) is 0 Å². The molecule has 112 valence electrons. The SMILES string of the molecule is NC(c1cccc(NCC(=O)O)n1)S(=O)(=O)c1ccsc1. The third-order valence-corrected chi connectivity index (χ3v) is 5.29. The fourth-order valence-corrected chi connectivity index (χ4v) is 3.90. The molecule has 2 rings (SSSR count). The second kappa shape index (κ2) is 6.20. The molecule has 0 saturated heterocycles. The molecule has 0 aliphatic carbocycles. The van der Waals surface area contributed by atoms with Gasteiger partial charge in [0.2, 0.25) is 9.84 Å². The number of sulfone groups is 1. The highest BCUT2D eigenvalue weighted by atomic mass is 32.2. The lowest BCUT2D eigenvalue weighted by molar-refractivity contribution is -0.134. The minimum Gasteiger partial charge on any atom is -0.480 e. The predicted molar refractivity (Wildman–Crippen MR) is 78.8 cm³/mol. The van der Waals surface area contributed by atoms with Gasteiger partial charge in [0.1, 0.15) is 12.4 Å². The molecule has 0 spiro atoms.